The summed E-state index contributed by atoms with van der Waals surface area (Å²) in [5.41, 5.74) is -4.33. The molecule has 1 spiro atoms. The highest BCUT2D eigenvalue weighted by atomic mass is 19.4. The number of nitrogens with zero attached hydrogens (tertiary/aromatic N) is 3. The van der Waals surface area contributed by atoms with Crippen LogP contribution in [0.4, 0.5) is 30.7 Å². The third-order valence-electron chi connectivity index (χ3n) is 7.66. The zero-order chi connectivity index (χ0) is 26.5. The maximum atomic E-state index is 13.9. The number of carbonyl (C=O) groups excluding carboxylic acids is 2. The molecule has 2 aliphatic rings. The topological polar surface area (TPSA) is 45.6 Å². The van der Waals surface area contributed by atoms with Crippen LogP contribution in [-0.2, 0) is 11.8 Å². The Morgan fingerprint density at radius 1 is 0.889 bits per heavy atom. The molecule has 1 aromatic heterocycles. The summed E-state index contributed by atoms with van der Waals surface area (Å²) in [6.45, 7) is 1.17. The molecule has 0 radical (unpaired) electrons. The first-order valence-corrected chi connectivity index (χ1v) is 11.6. The van der Waals surface area contributed by atoms with E-state index in [1.807, 2.05) is 41.9 Å². The van der Waals surface area contributed by atoms with Gasteiger partial charge in [-0.2, -0.15) is 26.3 Å². The molecule has 4 rings (SSSR count). The van der Waals surface area contributed by atoms with Crippen molar-refractivity contribution in [1.82, 2.24) is 14.4 Å². The second-order valence-electron chi connectivity index (χ2n) is 9.80. The van der Waals surface area contributed by atoms with Crippen LogP contribution in [0.1, 0.15) is 42.6 Å². The van der Waals surface area contributed by atoms with Crippen LogP contribution >= 0.6 is 0 Å². The summed E-state index contributed by atoms with van der Waals surface area (Å²) in [4.78, 5) is 28.5. The lowest BCUT2D eigenvalue weighted by atomic mass is 9.77. The molecule has 0 N–H and O–H groups in total. The number of rotatable bonds is 4. The standard InChI is InChI=1S/C24H26F7N3O2/c1-32-17-5-3-2-4-16(17)14-18(32)20(36)33-11-8-21(9-12-33)10-13-34(15-21)19(35)6-7-22(25,23(26,27)28)24(29,30)31/h2-5,14H,6-13,15H2,1H3. The van der Waals surface area contributed by atoms with Crippen molar-refractivity contribution in [2.24, 2.45) is 12.5 Å². The molecule has 0 bridgehead atoms. The largest absolute Gasteiger partial charge is 0.431 e. The van der Waals surface area contributed by atoms with Crippen LogP contribution in [0.25, 0.3) is 10.9 Å². The van der Waals surface area contributed by atoms with Gasteiger partial charge in [-0.15, -0.1) is 0 Å². The van der Waals surface area contributed by atoms with Crippen molar-refractivity contribution in [2.75, 3.05) is 26.2 Å². The number of carbonyl (C=O) groups is 2. The van der Waals surface area contributed by atoms with E-state index in [2.05, 4.69) is 0 Å². The number of benzene rings is 1. The summed E-state index contributed by atoms with van der Waals surface area (Å²) in [6, 6.07) is 9.42. The SMILES string of the molecule is Cn1c(C(=O)N2CCC3(CCN(C(=O)CCC(F)(C(F)(F)F)C(F)(F)F)C3)CC2)cc2ccccc21. The minimum absolute atomic E-state index is 0.131. The normalized spacial score (nSPS) is 18.9. The van der Waals surface area contributed by atoms with Crippen molar-refractivity contribution in [3.05, 3.63) is 36.0 Å². The Bertz CT molecular complexity index is 1130. The van der Waals surface area contributed by atoms with Crippen LogP contribution in [0, 0.1) is 5.41 Å². The van der Waals surface area contributed by atoms with Gasteiger partial charge < -0.3 is 14.4 Å². The smallest absolute Gasteiger partial charge is 0.342 e. The van der Waals surface area contributed by atoms with Gasteiger partial charge in [0.05, 0.1) is 0 Å². The summed E-state index contributed by atoms with van der Waals surface area (Å²) in [5, 5.41) is 0.940. The molecular weight excluding hydrogens is 495 g/mol. The zero-order valence-corrected chi connectivity index (χ0v) is 19.6. The Labute approximate surface area is 202 Å². The highest BCUT2D eigenvalue weighted by molar-refractivity contribution is 5.98. The number of para-hydroxylation sites is 1. The summed E-state index contributed by atoms with van der Waals surface area (Å²) in [7, 11) is 1.81. The van der Waals surface area contributed by atoms with Gasteiger partial charge in [-0.25, -0.2) is 4.39 Å². The molecule has 0 saturated carbocycles. The Kier molecular flexibility index (Phi) is 6.53. The molecule has 2 fully saturated rings. The lowest BCUT2D eigenvalue weighted by Gasteiger charge is -2.39. The lowest BCUT2D eigenvalue weighted by molar-refractivity contribution is -0.343. The minimum Gasteiger partial charge on any atom is -0.342 e. The van der Waals surface area contributed by atoms with Crippen molar-refractivity contribution in [1.29, 1.82) is 0 Å². The van der Waals surface area contributed by atoms with Gasteiger partial charge in [0, 0.05) is 57.0 Å². The van der Waals surface area contributed by atoms with E-state index >= 15 is 0 Å². The van der Waals surface area contributed by atoms with E-state index in [0.717, 1.165) is 10.9 Å². The molecule has 36 heavy (non-hydrogen) atoms. The van der Waals surface area contributed by atoms with Crippen LogP contribution < -0.4 is 0 Å². The van der Waals surface area contributed by atoms with Gasteiger partial charge in [0.1, 0.15) is 5.69 Å². The highest BCUT2D eigenvalue weighted by Gasteiger charge is 2.72. The van der Waals surface area contributed by atoms with Gasteiger partial charge in [-0.1, -0.05) is 18.2 Å². The van der Waals surface area contributed by atoms with E-state index < -0.39 is 36.8 Å². The molecular formula is C24H26F7N3O2. The number of halogens is 7. The highest BCUT2D eigenvalue weighted by Crippen LogP contribution is 2.49. The van der Waals surface area contributed by atoms with E-state index in [1.54, 1.807) is 4.90 Å². The number of alkyl halides is 7. The van der Waals surface area contributed by atoms with Crippen LogP contribution in [-0.4, -0.2) is 70.4 Å². The Hall–Kier alpha value is -2.79. The average molecular weight is 521 g/mol. The van der Waals surface area contributed by atoms with Gasteiger partial charge in [0.15, 0.2) is 0 Å². The van der Waals surface area contributed by atoms with Gasteiger partial charge in [0.25, 0.3) is 11.6 Å². The van der Waals surface area contributed by atoms with Crippen molar-refractivity contribution < 1.29 is 40.3 Å². The summed E-state index contributed by atoms with van der Waals surface area (Å²) in [5.74, 6) is -1.07. The third-order valence-corrected chi connectivity index (χ3v) is 7.66. The van der Waals surface area contributed by atoms with E-state index in [-0.39, 0.29) is 24.4 Å². The zero-order valence-electron chi connectivity index (χ0n) is 19.6. The number of aromatic nitrogens is 1. The van der Waals surface area contributed by atoms with Crippen LogP contribution in [0.3, 0.4) is 0 Å². The molecule has 2 amide bonds. The first-order chi connectivity index (χ1) is 16.7. The monoisotopic (exact) mass is 521 g/mol. The maximum absolute atomic E-state index is 13.9. The Balaban J connectivity index is 1.35. The number of amides is 2. The maximum Gasteiger partial charge on any atom is 0.431 e. The van der Waals surface area contributed by atoms with E-state index in [9.17, 15) is 40.3 Å². The van der Waals surface area contributed by atoms with E-state index in [0.29, 0.717) is 38.0 Å². The number of hydrogen-bond acceptors (Lipinski definition) is 2. The van der Waals surface area contributed by atoms with E-state index in [1.165, 1.54) is 4.90 Å². The van der Waals surface area contributed by atoms with Gasteiger partial charge in [-0.05, 0) is 36.8 Å². The molecule has 12 heteroatoms. The predicted molar refractivity (Wildman–Crippen MR) is 117 cm³/mol. The number of aryl methyl sites for hydroxylation is 1. The lowest BCUT2D eigenvalue weighted by Crippen LogP contribution is -2.53. The fraction of sp³-hybridized carbons (Fsp3) is 0.583. The fourth-order valence-corrected chi connectivity index (χ4v) is 5.28. The Morgan fingerprint density at radius 3 is 2.00 bits per heavy atom. The molecule has 1 aromatic carbocycles. The summed E-state index contributed by atoms with van der Waals surface area (Å²) >= 11 is 0. The molecule has 0 atom stereocenters. The van der Waals surface area contributed by atoms with E-state index in [4.69, 9.17) is 0 Å². The predicted octanol–water partition coefficient (Wildman–Crippen LogP) is 5.25. The number of hydrogen-bond donors (Lipinski definition) is 0. The number of fused-ring (bicyclic) bond motifs is 1. The van der Waals surface area contributed by atoms with Crippen molar-refractivity contribution in [3.8, 4) is 0 Å². The molecule has 0 unspecified atom stereocenters. The molecule has 3 heterocycles. The molecule has 5 nitrogen and oxygen atoms in total. The first-order valence-electron chi connectivity index (χ1n) is 11.6. The van der Waals surface area contributed by atoms with Crippen LogP contribution in [0.2, 0.25) is 0 Å². The molecule has 2 saturated heterocycles. The Morgan fingerprint density at radius 2 is 1.44 bits per heavy atom. The van der Waals surface area contributed by atoms with Gasteiger partial charge >= 0.3 is 12.4 Å². The first kappa shape index (κ1) is 26.3. The minimum atomic E-state index is -6.17. The third kappa shape index (κ3) is 4.54. The molecule has 198 valence electrons. The van der Waals surface area contributed by atoms with Crippen molar-refractivity contribution >= 4 is 22.7 Å². The van der Waals surface area contributed by atoms with Crippen molar-refractivity contribution in [2.45, 2.75) is 50.1 Å². The molecule has 2 aromatic rings. The average Bonchev–Trinajstić information content (AvgIpc) is 3.37. The van der Waals surface area contributed by atoms with Gasteiger partial charge in [0.2, 0.25) is 5.91 Å². The van der Waals surface area contributed by atoms with Crippen LogP contribution in [0.15, 0.2) is 30.3 Å². The summed E-state index contributed by atoms with van der Waals surface area (Å²) in [6.07, 6.45) is -13.9. The number of likely N-dealkylation sites (tertiary alicyclic amines) is 2. The fourth-order valence-electron chi connectivity index (χ4n) is 5.28. The summed E-state index contributed by atoms with van der Waals surface area (Å²) < 4.78 is 92.3. The molecule has 0 aliphatic carbocycles. The molecule has 2 aliphatic heterocycles. The van der Waals surface area contributed by atoms with Crippen molar-refractivity contribution in [3.63, 3.8) is 0 Å². The quantitative estimate of drug-likeness (QED) is 0.517. The van der Waals surface area contributed by atoms with Gasteiger partial charge in [-0.3, -0.25) is 9.59 Å². The van der Waals surface area contributed by atoms with Crippen LogP contribution in [0.5, 0.6) is 0 Å². The second kappa shape index (κ2) is 8.95. The second-order valence-corrected chi connectivity index (χ2v) is 9.80. The number of piperidine rings is 1.